The summed E-state index contributed by atoms with van der Waals surface area (Å²) in [6.45, 7) is 0.480. The van der Waals surface area contributed by atoms with Crippen LogP contribution >= 0.6 is 0 Å². The fourth-order valence-corrected chi connectivity index (χ4v) is 2.97. The SMILES string of the molecule is O=C(O)[C@H]1CCCN(C(=O)N2CCCC(C(F)(F)F)C2)C1. The summed E-state index contributed by atoms with van der Waals surface area (Å²) >= 11 is 0. The van der Waals surface area contributed by atoms with Gasteiger partial charge in [0.25, 0.3) is 0 Å². The van der Waals surface area contributed by atoms with Crippen molar-refractivity contribution in [3.63, 3.8) is 0 Å². The topological polar surface area (TPSA) is 60.9 Å². The normalized spacial score (nSPS) is 27.6. The molecule has 0 aromatic rings. The number of nitrogens with zero attached hydrogens (tertiary/aromatic N) is 2. The largest absolute Gasteiger partial charge is 0.481 e. The van der Waals surface area contributed by atoms with Crippen LogP contribution in [0.5, 0.6) is 0 Å². The Kier molecular flexibility index (Phi) is 4.63. The van der Waals surface area contributed by atoms with Gasteiger partial charge in [-0.3, -0.25) is 4.79 Å². The monoisotopic (exact) mass is 308 g/mol. The third kappa shape index (κ3) is 3.79. The molecule has 2 aliphatic heterocycles. The van der Waals surface area contributed by atoms with Crippen molar-refractivity contribution in [2.75, 3.05) is 26.2 Å². The first-order valence-corrected chi connectivity index (χ1v) is 7.12. The van der Waals surface area contributed by atoms with Gasteiger partial charge in [-0.05, 0) is 25.7 Å². The Morgan fingerprint density at radius 2 is 1.57 bits per heavy atom. The molecule has 1 N–H and O–H groups in total. The molecule has 0 spiro atoms. The van der Waals surface area contributed by atoms with Gasteiger partial charge in [-0.25, -0.2) is 4.79 Å². The van der Waals surface area contributed by atoms with Crippen LogP contribution in [0.3, 0.4) is 0 Å². The number of hydrogen-bond donors (Lipinski definition) is 1. The maximum absolute atomic E-state index is 12.8. The van der Waals surface area contributed by atoms with Crippen molar-refractivity contribution in [2.45, 2.75) is 31.9 Å². The van der Waals surface area contributed by atoms with Crippen molar-refractivity contribution in [1.82, 2.24) is 9.80 Å². The van der Waals surface area contributed by atoms with E-state index in [1.807, 2.05) is 0 Å². The Bertz CT molecular complexity index is 414. The van der Waals surface area contributed by atoms with E-state index in [0.29, 0.717) is 32.4 Å². The molecule has 2 fully saturated rings. The number of carboxylic acid groups (broad SMARTS) is 1. The summed E-state index contributed by atoms with van der Waals surface area (Å²) in [5, 5.41) is 9.00. The molecular weight excluding hydrogens is 289 g/mol. The summed E-state index contributed by atoms with van der Waals surface area (Å²) in [4.78, 5) is 25.9. The second kappa shape index (κ2) is 6.11. The number of carboxylic acids is 1. The van der Waals surface area contributed by atoms with Crippen LogP contribution in [0.15, 0.2) is 0 Å². The quantitative estimate of drug-likeness (QED) is 0.807. The second-order valence-electron chi connectivity index (χ2n) is 5.73. The second-order valence-corrected chi connectivity index (χ2v) is 5.73. The Morgan fingerprint density at radius 1 is 1.00 bits per heavy atom. The number of urea groups is 1. The first-order chi connectivity index (χ1) is 9.79. The number of carbonyl (C=O) groups is 2. The summed E-state index contributed by atoms with van der Waals surface area (Å²) in [5.41, 5.74) is 0. The van der Waals surface area contributed by atoms with Gasteiger partial charge in [0, 0.05) is 26.2 Å². The molecule has 0 aromatic carbocycles. The van der Waals surface area contributed by atoms with Gasteiger partial charge in [0.15, 0.2) is 0 Å². The van der Waals surface area contributed by atoms with Gasteiger partial charge in [0.2, 0.25) is 0 Å². The van der Waals surface area contributed by atoms with E-state index in [1.165, 1.54) is 9.80 Å². The number of hydrogen-bond acceptors (Lipinski definition) is 2. The number of alkyl halides is 3. The number of piperidine rings is 2. The lowest BCUT2D eigenvalue weighted by atomic mass is 9.96. The van der Waals surface area contributed by atoms with Gasteiger partial charge in [-0.15, -0.1) is 0 Å². The molecule has 0 aromatic heterocycles. The molecule has 0 saturated carbocycles. The lowest BCUT2D eigenvalue weighted by Gasteiger charge is -2.39. The van der Waals surface area contributed by atoms with E-state index >= 15 is 0 Å². The number of halogens is 3. The van der Waals surface area contributed by atoms with Crippen molar-refractivity contribution < 1.29 is 27.9 Å². The smallest absolute Gasteiger partial charge is 0.393 e. The lowest BCUT2D eigenvalue weighted by Crippen LogP contribution is -2.52. The molecule has 2 saturated heterocycles. The molecule has 120 valence electrons. The highest BCUT2D eigenvalue weighted by atomic mass is 19.4. The van der Waals surface area contributed by atoms with Crippen molar-refractivity contribution in [2.24, 2.45) is 11.8 Å². The standard InChI is InChI=1S/C13H19F3N2O3/c14-13(15,16)10-4-2-6-18(8-10)12(21)17-5-1-3-9(7-17)11(19)20/h9-10H,1-8H2,(H,19,20)/t9-,10?/m0/s1. The van der Waals surface area contributed by atoms with Crippen LogP contribution in [0.2, 0.25) is 0 Å². The van der Waals surface area contributed by atoms with E-state index in [2.05, 4.69) is 0 Å². The van der Waals surface area contributed by atoms with Crippen LogP contribution in [-0.4, -0.2) is 59.3 Å². The molecule has 0 bridgehead atoms. The average Bonchev–Trinajstić information content (AvgIpc) is 2.46. The maximum Gasteiger partial charge on any atom is 0.393 e. The third-order valence-electron chi connectivity index (χ3n) is 4.20. The van der Waals surface area contributed by atoms with Crippen LogP contribution < -0.4 is 0 Å². The van der Waals surface area contributed by atoms with Crippen LogP contribution in [0.4, 0.5) is 18.0 Å². The molecule has 2 rings (SSSR count). The van der Waals surface area contributed by atoms with Crippen LogP contribution in [0, 0.1) is 11.8 Å². The zero-order chi connectivity index (χ0) is 15.6. The Morgan fingerprint density at radius 3 is 2.14 bits per heavy atom. The fraction of sp³-hybridized carbons (Fsp3) is 0.846. The molecule has 2 atom stereocenters. The van der Waals surface area contributed by atoms with Gasteiger partial charge in [0.05, 0.1) is 11.8 Å². The first-order valence-electron chi connectivity index (χ1n) is 7.12. The fourth-order valence-electron chi connectivity index (χ4n) is 2.97. The van der Waals surface area contributed by atoms with Crippen LogP contribution in [0.1, 0.15) is 25.7 Å². The van der Waals surface area contributed by atoms with Gasteiger partial charge >= 0.3 is 18.2 Å². The van der Waals surface area contributed by atoms with Crippen molar-refractivity contribution in [3.05, 3.63) is 0 Å². The molecular formula is C13H19F3N2O3. The molecule has 5 nitrogen and oxygen atoms in total. The highest BCUT2D eigenvalue weighted by Gasteiger charge is 2.43. The summed E-state index contributed by atoms with van der Waals surface area (Å²) in [6.07, 6.45) is -2.84. The molecule has 21 heavy (non-hydrogen) atoms. The summed E-state index contributed by atoms with van der Waals surface area (Å²) in [7, 11) is 0. The van der Waals surface area contributed by atoms with Gasteiger partial charge < -0.3 is 14.9 Å². The number of amides is 2. The first kappa shape index (κ1) is 15.9. The number of likely N-dealkylation sites (tertiary alicyclic amines) is 2. The molecule has 2 aliphatic rings. The number of rotatable bonds is 1. The van der Waals surface area contributed by atoms with Gasteiger partial charge in [-0.1, -0.05) is 0 Å². The van der Waals surface area contributed by atoms with Crippen molar-refractivity contribution in [3.8, 4) is 0 Å². The lowest BCUT2D eigenvalue weighted by molar-refractivity contribution is -0.184. The Hall–Kier alpha value is -1.47. The van der Waals surface area contributed by atoms with Crippen molar-refractivity contribution >= 4 is 12.0 Å². The summed E-state index contributed by atoms with van der Waals surface area (Å²) in [6, 6.07) is -0.463. The predicted molar refractivity (Wildman–Crippen MR) is 67.7 cm³/mol. The molecule has 1 unspecified atom stereocenters. The molecule has 0 aliphatic carbocycles. The van der Waals surface area contributed by atoms with E-state index in [9.17, 15) is 22.8 Å². The third-order valence-corrected chi connectivity index (χ3v) is 4.20. The minimum atomic E-state index is -4.29. The van der Waals surface area contributed by atoms with E-state index < -0.39 is 30.0 Å². The highest BCUT2D eigenvalue weighted by Crippen LogP contribution is 2.33. The Balaban J connectivity index is 1.97. The summed E-state index contributed by atoms with van der Waals surface area (Å²) < 4.78 is 38.3. The minimum absolute atomic E-state index is 0.0467. The van der Waals surface area contributed by atoms with Crippen molar-refractivity contribution in [1.29, 1.82) is 0 Å². The maximum atomic E-state index is 12.8. The average molecular weight is 308 g/mol. The van der Waals surface area contributed by atoms with Gasteiger partial charge in [0.1, 0.15) is 0 Å². The zero-order valence-electron chi connectivity index (χ0n) is 11.6. The summed E-state index contributed by atoms with van der Waals surface area (Å²) in [5.74, 6) is -3.06. The molecule has 2 heterocycles. The van der Waals surface area contributed by atoms with Gasteiger partial charge in [-0.2, -0.15) is 13.2 Å². The highest BCUT2D eigenvalue weighted by molar-refractivity contribution is 5.76. The number of carbonyl (C=O) groups excluding carboxylic acids is 1. The van der Waals surface area contributed by atoms with E-state index in [1.54, 1.807) is 0 Å². The predicted octanol–water partition coefficient (Wildman–Crippen LogP) is 2.18. The van der Waals surface area contributed by atoms with E-state index in [4.69, 9.17) is 5.11 Å². The van der Waals surface area contributed by atoms with E-state index in [-0.39, 0.29) is 19.5 Å². The molecule has 0 radical (unpaired) electrons. The molecule has 2 amide bonds. The number of aliphatic carboxylic acids is 1. The van der Waals surface area contributed by atoms with E-state index in [0.717, 1.165) is 0 Å². The minimum Gasteiger partial charge on any atom is -0.481 e. The molecule has 8 heteroatoms. The van der Waals surface area contributed by atoms with Crippen LogP contribution in [0.25, 0.3) is 0 Å². The zero-order valence-corrected chi connectivity index (χ0v) is 11.6. The van der Waals surface area contributed by atoms with Crippen LogP contribution in [-0.2, 0) is 4.79 Å². The Labute approximate surface area is 120 Å².